The molecule has 0 N–H and O–H groups in total. The Morgan fingerprint density at radius 2 is 1.87 bits per heavy atom. The van der Waals surface area contributed by atoms with Gasteiger partial charge in [-0.25, -0.2) is 0 Å². The van der Waals surface area contributed by atoms with Gasteiger partial charge in [0.15, 0.2) is 0 Å². The first-order valence-electron chi connectivity index (χ1n) is 5.90. The molecule has 0 aliphatic heterocycles. The molecule has 0 aromatic rings. The summed E-state index contributed by atoms with van der Waals surface area (Å²) in [6.07, 6.45) is 3.35. The van der Waals surface area contributed by atoms with Gasteiger partial charge in [-0.1, -0.05) is 13.8 Å². The minimum atomic E-state index is -0.204. The smallest absolute Gasteiger partial charge is 0.0683 e. The zero-order valence-electron chi connectivity index (χ0n) is 10.8. The normalized spacial score (nSPS) is 13.9. The van der Waals surface area contributed by atoms with E-state index in [4.69, 9.17) is 10.00 Å². The number of rotatable bonds is 7. The third-order valence-corrected chi connectivity index (χ3v) is 2.45. The topological polar surface area (TPSA) is 33.0 Å². The van der Waals surface area contributed by atoms with Crippen molar-refractivity contribution >= 4 is 0 Å². The first-order valence-corrected chi connectivity index (χ1v) is 5.90. The van der Waals surface area contributed by atoms with Crippen LogP contribution in [0.5, 0.6) is 0 Å². The fourth-order valence-electron chi connectivity index (χ4n) is 1.59. The molecule has 2 nitrogen and oxygen atoms in total. The maximum absolute atomic E-state index is 8.83. The zero-order chi connectivity index (χ0) is 11.9. The summed E-state index contributed by atoms with van der Waals surface area (Å²) in [7, 11) is 0. The van der Waals surface area contributed by atoms with Crippen molar-refractivity contribution in [1.82, 2.24) is 0 Å². The Morgan fingerprint density at radius 1 is 1.27 bits per heavy atom. The molecular weight excluding hydrogens is 186 g/mol. The van der Waals surface area contributed by atoms with Crippen LogP contribution in [0.2, 0.25) is 0 Å². The Balaban J connectivity index is 3.51. The highest BCUT2D eigenvalue weighted by atomic mass is 16.5. The van der Waals surface area contributed by atoms with Crippen molar-refractivity contribution in [3.05, 3.63) is 0 Å². The summed E-state index contributed by atoms with van der Waals surface area (Å²) in [6.45, 7) is 11.3. The van der Waals surface area contributed by atoms with Crippen LogP contribution in [0, 0.1) is 22.7 Å². The van der Waals surface area contributed by atoms with E-state index in [1.54, 1.807) is 0 Å². The van der Waals surface area contributed by atoms with Crippen LogP contribution in [0.25, 0.3) is 0 Å². The van der Waals surface area contributed by atoms with Crippen molar-refractivity contribution in [2.45, 2.75) is 60.0 Å². The Hall–Kier alpha value is -0.550. The van der Waals surface area contributed by atoms with Gasteiger partial charge in [-0.2, -0.15) is 5.26 Å². The lowest BCUT2D eigenvalue weighted by molar-refractivity contribution is 0.0469. The Bertz CT molecular complexity index is 203. The van der Waals surface area contributed by atoms with Crippen LogP contribution in [0.1, 0.15) is 53.9 Å². The van der Waals surface area contributed by atoms with E-state index in [1.807, 2.05) is 13.8 Å². The van der Waals surface area contributed by atoms with Crippen molar-refractivity contribution in [2.24, 2.45) is 11.3 Å². The van der Waals surface area contributed by atoms with Gasteiger partial charge in [-0.05, 0) is 46.0 Å². The zero-order valence-corrected chi connectivity index (χ0v) is 10.8. The number of ether oxygens (including phenoxy) is 1. The minimum absolute atomic E-state index is 0.204. The molecule has 1 unspecified atom stereocenters. The molecule has 0 heterocycles. The van der Waals surface area contributed by atoms with Gasteiger partial charge in [0.05, 0.1) is 17.6 Å². The molecule has 0 radical (unpaired) electrons. The van der Waals surface area contributed by atoms with Crippen molar-refractivity contribution < 1.29 is 4.74 Å². The first-order chi connectivity index (χ1) is 6.87. The number of hydrogen-bond donors (Lipinski definition) is 0. The van der Waals surface area contributed by atoms with Crippen molar-refractivity contribution in [3.8, 4) is 6.07 Å². The largest absolute Gasteiger partial charge is 0.378 e. The van der Waals surface area contributed by atoms with Crippen LogP contribution in [-0.2, 0) is 4.74 Å². The molecule has 0 aliphatic carbocycles. The predicted octanol–water partition coefficient (Wildman–Crippen LogP) is 3.77. The number of nitriles is 1. The molecule has 0 aliphatic rings. The molecule has 0 bridgehead atoms. The van der Waals surface area contributed by atoms with Crippen LogP contribution < -0.4 is 0 Å². The second kappa shape index (κ2) is 6.85. The summed E-state index contributed by atoms with van der Waals surface area (Å²) in [5.41, 5.74) is -0.204. The fourth-order valence-corrected chi connectivity index (χ4v) is 1.59. The van der Waals surface area contributed by atoms with E-state index in [1.165, 1.54) is 0 Å². The summed E-state index contributed by atoms with van der Waals surface area (Å²) in [4.78, 5) is 0. The fraction of sp³-hybridized carbons (Fsp3) is 0.923. The van der Waals surface area contributed by atoms with Crippen LogP contribution in [-0.4, -0.2) is 12.7 Å². The molecule has 0 aromatic carbocycles. The highest BCUT2D eigenvalue weighted by Gasteiger charge is 2.15. The van der Waals surface area contributed by atoms with Crippen LogP contribution in [0.4, 0.5) is 0 Å². The maximum atomic E-state index is 8.83. The van der Waals surface area contributed by atoms with Gasteiger partial charge in [0, 0.05) is 6.61 Å². The van der Waals surface area contributed by atoms with Crippen LogP contribution in [0.15, 0.2) is 0 Å². The predicted molar refractivity (Wildman–Crippen MR) is 63.5 cm³/mol. The van der Waals surface area contributed by atoms with E-state index in [-0.39, 0.29) is 5.41 Å². The summed E-state index contributed by atoms with van der Waals surface area (Å²) in [6, 6.07) is 2.31. The van der Waals surface area contributed by atoms with E-state index in [0.717, 1.165) is 25.9 Å². The second-order valence-corrected chi connectivity index (χ2v) is 5.41. The third-order valence-electron chi connectivity index (χ3n) is 2.45. The first kappa shape index (κ1) is 14.5. The maximum Gasteiger partial charge on any atom is 0.0683 e. The summed E-state index contributed by atoms with van der Waals surface area (Å²) in [5.74, 6) is 0.690. The van der Waals surface area contributed by atoms with Gasteiger partial charge < -0.3 is 4.74 Å². The van der Waals surface area contributed by atoms with Crippen molar-refractivity contribution in [3.63, 3.8) is 0 Å². The highest BCUT2D eigenvalue weighted by Crippen LogP contribution is 2.20. The third kappa shape index (κ3) is 8.44. The lowest BCUT2D eigenvalue weighted by Gasteiger charge is -2.17. The molecule has 1 atom stereocenters. The van der Waals surface area contributed by atoms with E-state index >= 15 is 0 Å². The van der Waals surface area contributed by atoms with Gasteiger partial charge in [0.1, 0.15) is 0 Å². The molecule has 0 spiro atoms. The van der Waals surface area contributed by atoms with E-state index in [9.17, 15) is 0 Å². The molecule has 0 aromatic heterocycles. The monoisotopic (exact) mass is 211 g/mol. The van der Waals surface area contributed by atoms with Crippen LogP contribution in [0.3, 0.4) is 0 Å². The van der Waals surface area contributed by atoms with E-state index in [2.05, 4.69) is 26.8 Å². The number of hydrogen-bond acceptors (Lipinski definition) is 2. The quantitative estimate of drug-likeness (QED) is 0.601. The lowest BCUT2D eigenvalue weighted by atomic mass is 9.90. The summed E-state index contributed by atoms with van der Waals surface area (Å²) < 4.78 is 5.68. The molecular formula is C13H25NO. The highest BCUT2D eigenvalue weighted by molar-refractivity contribution is 4.91. The molecule has 0 amide bonds. The van der Waals surface area contributed by atoms with Crippen molar-refractivity contribution in [1.29, 1.82) is 5.26 Å². The molecule has 0 saturated heterocycles. The average molecular weight is 211 g/mol. The number of nitrogens with zero attached hydrogens (tertiary/aromatic N) is 1. The molecule has 0 rings (SSSR count). The standard InChI is InChI=1S/C13H25NO/c1-11(2)9-12(3)15-8-6-7-13(4,5)10-14/h11-12H,6-9H2,1-5H3. The van der Waals surface area contributed by atoms with Gasteiger partial charge in [-0.3, -0.25) is 0 Å². The van der Waals surface area contributed by atoms with Crippen LogP contribution >= 0.6 is 0 Å². The summed E-state index contributed by atoms with van der Waals surface area (Å²) >= 11 is 0. The Kier molecular flexibility index (Phi) is 6.60. The molecule has 2 heteroatoms. The van der Waals surface area contributed by atoms with E-state index < -0.39 is 0 Å². The molecule has 15 heavy (non-hydrogen) atoms. The second-order valence-electron chi connectivity index (χ2n) is 5.41. The van der Waals surface area contributed by atoms with Gasteiger partial charge in [0.2, 0.25) is 0 Å². The average Bonchev–Trinajstić information content (AvgIpc) is 2.11. The SMILES string of the molecule is CC(C)CC(C)OCCCC(C)(C)C#N. The molecule has 88 valence electrons. The van der Waals surface area contributed by atoms with E-state index in [0.29, 0.717) is 12.0 Å². The minimum Gasteiger partial charge on any atom is -0.378 e. The van der Waals surface area contributed by atoms with Gasteiger partial charge >= 0.3 is 0 Å². The lowest BCUT2D eigenvalue weighted by Crippen LogP contribution is -2.14. The Labute approximate surface area is 94.6 Å². The van der Waals surface area contributed by atoms with Gasteiger partial charge in [0.25, 0.3) is 0 Å². The summed E-state index contributed by atoms with van der Waals surface area (Å²) in [5, 5.41) is 8.83. The Morgan fingerprint density at radius 3 is 2.33 bits per heavy atom. The molecule has 0 fully saturated rings. The van der Waals surface area contributed by atoms with Gasteiger partial charge in [-0.15, -0.1) is 0 Å². The van der Waals surface area contributed by atoms with Crippen molar-refractivity contribution in [2.75, 3.05) is 6.61 Å². The molecule has 0 saturated carbocycles.